The maximum absolute atomic E-state index is 12.6. The summed E-state index contributed by atoms with van der Waals surface area (Å²) in [5.41, 5.74) is 0. The van der Waals surface area contributed by atoms with E-state index >= 15 is 0 Å². The normalized spacial score (nSPS) is 11.2. The fourth-order valence-corrected chi connectivity index (χ4v) is 3.65. The van der Waals surface area contributed by atoms with Crippen LogP contribution in [0, 0.1) is 0 Å². The molecule has 2 aromatic rings. The van der Waals surface area contributed by atoms with Gasteiger partial charge in [0, 0.05) is 23.9 Å². The summed E-state index contributed by atoms with van der Waals surface area (Å²) in [5, 5.41) is 4.66. The molecule has 0 bridgehead atoms. The molecule has 0 amide bonds. The smallest absolute Gasteiger partial charge is 0.241 e. The Bertz CT molecular complexity index is 751. The fraction of sp³-hybridized carbons (Fsp3) is 0.412. The first kappa shape index (κ1) is 20.7. The van der Waals surface area contributed by atoms with Crippen molar-refractivity contribution in [3.05, 3.63) is 36.4 Å². The Balaban J connectivity index is 0.00000288. The summed E-state index contributed by atoms with van der Waals surface area (Å²) in [6.45, 7) is 6.38. The summed E-state index contributed by atoms with van der Waals surface area (Å²) in [5.74, 6) is 0.701. The lowest BCUT2D eigenvalue weighted by atomic mass is 10.1. The zero-order valence-electron chi connectivity index (χ0n) is 14.0. The minimum absolute atomic E-state index is 0. The van der Waals surface area contributed by atoms with Crippen LogP contribution in [0.4, 0.5) is 0 Å². The first-order valence-electron chi connectivity index (χ1n) is 7.95. The van der Waals surface area contributed by atoms with Crippen molar-refractivity contribution >= 4 is 33.2 Å². The minimum Gasteiger partial charge on any atom is -0.493 e. The molecule has 0 aliphatic rings. The Morgan fingerprint density at radius 1 is 0.958 bits per heavy atom. The summed E-state index contributed by atoms with van der Waals surface area (Å²) in [6, 6.07) is 10.7. The molecule has 7 heteroatoms. The van der Waals surface area contributed by atoms with Gasteiger partial charge >= 0.3 is 0 Å². The van der Waals surface area contributed by atoms with Crippen LogP contribution in [0.1, 0.15) is 20.3 Å². The molecule has 0 aliphatic carbocycles. The molecule has 0 saturated carbocycles. The molecule has 0 atom stereocenters. The number of rotatable bonds is 9. The van der Waals surface area contributed by atoms with Crippen LogP contribution in [0.25, 0.3) is 10.8 Å². The molecule has 5 nitrogen and oxygen atoms in total. The van der Waals surface area contributed by atoms with E-state index in [1.165, 1.54) is 0 Å². The predicted octanol–water partition coefficient (Wildman–Crippen LogP) is 2.94. The van der Waals surface area contributed by atoms with E-state index in [4.69, 9.17) is 4.74 Å². The third-order valence-electron chi connectivity index (χ3n) is 3.45. The summed E-state index contributed by atoms with van der Waals surface area (Å²) in [7, 11) is -3.55. The quantitative estimate of drug-likeness (QED) is 0.664. The number of benzene rings is 2. The Morgan fingerprint density at radius 2 is 1.67 bits per heavy atom. The van der Waals surface area contributed by atoms with Gasteiger partial charge < -0.3 is 10.1 Å². The van der Waals surface area contributed by atoms with Crippen LogP contribution in [0.15, 0.2) is 41.3 Å². The zero-order chi connectivity index (χ0) is 16.7. The fourth-order valence-electron chi connectivity index (χ4n) is 2.41. The van der Waals surface area contributed by atoms with Gasteiger partial charge in [0.05, 0.1) is 11.5 Å². The number of hydrogen-bond acceptors (Lipinski definition) is 4. The van der Waals surface area contributed by atoms with E-state index in [-0.39, 0.29) is 17.3 Å². The van der Waals surface area contributed by atoms with Gasteiger partial charge in [-0.1, -0.05) is 31.2 Å². The van der Waals surface area contributed by atoms with E-state index in [1.54, 1.807) is 12.1 Å². The Hall–Kier alpha value is -1.34. The molecular weight excluding hydrogens is 348 g/mol. The standard InChI is InChI=1S/C17H24N2O3S.ClH/c1-3-11-18-12-13-19-23(20,21)17-10-9-16(22-4-2)14-7-5-6-8-15(14)17;/h5-10,18-19H,3-4,11-13H2,1-2H3;1H. The molecule has 0 aliphatic heterocycles. The van der Waals surface area contributed by atoms with E-state index in [2.05, 4.69) is 17.0 Å². The molecule has 2 rings (SSSR count). The van der Waals surface area contributed by atoms with E-state index in [0.717, 1.165) is 18.4 Å². The number of fused-ring (bicyclic) bond motifs is 1. The average molecular weight is 373 g/mol. The Morgan fingerprint density at radius 3 is 2.33 bits per heavy atom. The highest BCUT2D eigenvalue weighted by atomic mass is 35.5. The van der Waals surface area contributed by atoms with Crippen LogP contribution < -0.4 is 14.8 Å². The lowest BCUT2D eigenvalue weighted by Gasteiger charge is -2.13. The molecule has 0 spiro atoms. The monoisotopic (exact) mass is 372 g/mol. The second-order valence-electron chi connectivity index (χ2n) is 5.19. The first-order valence-corrected chi connectivity index (χ1v) is 9.43. The van der Waals surface area contributed by atoms with Crippen molar-refractivity contribution in [2.75, 3.05) is 26.2 Å². The van der Waals surface area contributed by atoms with Crippen molar-refractivity contribution in [2.24, 2.45) is 0 Å². The van der Waals surface area contributed by atoms with Crippen molar-refractivity contribution in [3.8, 4) is 5.75 Å². The van der Waals surface area contributed by atoms with Crippen LogP contribution in [-0.4, -0.2) is 34.7 Å². The van der Waals surface area contributed by atoms with Gasteiger partial charge in [-0.15, -0.1) is 12.4 Å². The first-order chi connectivity index (χ1) is 11.1. The van der Waals surface area contributed by atoms with Crippen LogP contribution in [-0.2, 0) is 10.0 Å². The van der Waals surface area contributed by atoms with E-state index < -0.39 is 10.0 Å². The minimum atomic E-state index is -3.55. The third kappa shape index (κ3) is 5.08. The largest absolute Gasteiger partial charge is 0.493 e. The molecule has 2 aromatic carbocycles. The van der Waals surface area contributed by atoms with E-state index in [0.29, 0.717) is 30.8 Å². The van der Waals surface area contributed by atoms with Crippen LogP contribution in [0.5, 0.6) is 5.75 Å². The van der Waals surface area contributed by atoms with Gasteiger partial charge in [0.1, 0.15) is 5.75 Å². The van der Waals surface area contributed by atoms with Gasteiger partial charge in [0.25, 0.3) is 0 Å². The van der Waals surface area contributed by atoms with Crippen LogP contribution in [0.2, 0.25) is 0 Å². The molecule has 0 radical (unpaired) electrons. The molecular formula is C17H25ClN2O3S. The molecule has 2 N–H and O–H groups in total. The van der Waals surface area contributed by atoms with Gasteiger partial charge in [0.15, 0.2) is 0 Å². The number of ether oxygens (including phenoxy) is 1. The van der Waals surface area contributed by atoms with Crippen molar-refractivity contribution < 1.29 is 13.2 Å². The molecule has 24 heavy (non-hydrogen) atoms. The second-order valence-corrected chi connectivity index (χ2v) is 6.92. The maximum atomic E-state index is 12.6. The lowest BCUT2D eigenvalue weighted by Crippen LogP contribution is -2.32. The molecule has 0 aromatic heterocycles. The van der Waals surface area contributed by atoms with Gasteiger partial charge in [0.2, 0.25) is 10.0 Å². The zero-order valence-corrected chi connectivity index (χ0v) is 15.7. The Kier molecular flexibility index (Phi) is 8.48. The van der Waals surface area contributed by atoms with Gasteiger partial charge in [-0.3, -0.25) is 0 Å². The molecule has 134 valence electrons. The summed E-state index contributed by atoms with van der Waals surface area (Å²) in [6.07, 6.45) is 1.02. The predicted molar refractivity (Wildman–Crippen MR) is 101 cm³/mol. The second kappa shape index (κ2) is 9.84. The highest BCUT2D eigenvalue weighted by Gasteiger charge is 2.18. The lowest BCUT2D eigenvalue weighted by molar-refractivity contribution is 0.344. The highest BCUT2D eigenvalue weighted by Crippen LogP contribution is 2.30. The van der Waals surface area contributed by atoms with Crippen LogP contribution >= 0.6 is 12.4 Å². The summed E-state index contributed by atoms with van der Waals surface area (Å²) in [4.78, 5) is 0.284. The van der Waals surface area contributed by atoms with E-state index in [9.17, 15) is 8.42 Å². The number of halogens is 1. The average Bonchev–Trinajstić information content (AvgIpc) is 2.55. The molecule has 0 saturated heterocycles. The molecule has 0 heterocycles. The molecule has 0 fully saturated rings. The van der Waals surface area contributed by atoms with Crippen molar-refractivity contribution in [1.29, 1.82) is 0 Å². The summed E-state index contributed by atoms with van der Waals surface area (Å²) < 4.78 is 33.4. The SMILES string of the molecule is CCCNCCNS(=O)(=O)c1ccc(OCC)c2ccccc12.Cl. The molecule has 0 unspecified atom stereocenters. The number of sulfonamides is 1. The topological polar surface area (TPSA) is 67.4 Å². The highest BCUT2D eigenvalue weighted by molar-refractivity contribution is 7.89. The van der Waals surface area contributed by atoms with Gasteiger partial charge in [-0.2, -0.15) is 0 Å². The third-order valence-corrected chi connectivity index (χ3v) is 4.97. The van der Waals surface area contributed by atoms with Crippen molar-refractivity contribution in [2.45, 2.75) is 25.2 Å². The van der Waals surface area contributed by atoms with Gasteiger partial charge in [-0.05, 0) is 32.0 Å². The number of hydrogen-bond donors (Lipinski definition) is 2. The summed E-state index contributed by atoms with van der Waals surface area (Å²) >= 11 is 0. The van der Waals surface area contributed by atoms with Crippen molar-refractivity contribution in [1.82, 2.24) is 10.0 Å². The van der Waals surface area contributed by atoms with Crippen LogP contribution in [0.3, 0.4) is 0 Å². The maximum Gasteiger partial charge on any atom is 0.241 e. The van der Waals surface area contributed by atoms with E-state index in [1.807, 2.05) is 31.2 Å². The number of nitrogens with one attached hydrogen (secondary N) is 2. The Labute approximate surface area is 150 Å². The van der Waals surface area contributed by atoms with Gasteiger partial charge in [-0.25, -0.2) is 13.1 Å². The van der Waals surface area contributed by atoms with Crippen molar-refractivity contribution in [3.63, 3.8) is 0 Å².